The zero-order chi connectivity index (χ0) is 0. The molecule has 0 aromatic rings. The maximum absolute atomic E-state index is 0. The third-order valence-electron chi connectivity index (χ3n) is 0. The van der Waals surface area contributed by atoms with Crippen molar-refractivity contribution < 1.29 is 78.1 Å². The van der Waals surface area contributed by atoms with Gasteiger partial charge in [0.25, 0.3) is 0 Å². The Morgan fingerprint density at radius 2 is 1.00 bits per heavy atom. The Labute approximate surface area is 124 Å². The first-order valence-corrected chi connectivity index (χ1v) is 0. The molecule has 5 heteroatoms. The van der Waals surface area contributed by atoms with E-state index in [1.807, 2.05) is 0 Å². The second-order valence-electron chi connectivity index (χ2n) is 0. The van der Waals surface area contributed by atoms with Crippen molar-refractivity contribution in [3.05, 3.63) is 0 Å². The number of hydrogen-bond acceptors (Lipinski definition) is 0. The summed E-state index contributed by atoms with van der Waals surface area (Å²) in [6.45, 7) is 0. The Bertz CT molecular complexity index is 15.7. The average molecular weight is 423 g/mol. The fourth-order valence-electron chi connectivity index (χ4n) is 0. The van der Waals surface area contributed by atoms with Gasteiger partial charge in [0.2, 0.25) is 0 Å². The second-order valence-corrected chi connectivity index (χ2v) is 0. The molecule has 5 heavy (non-hydrogen) atoms. The van der Waals surface area contributed by atoms with Crippen LogP contribution in [0.2, 0.25) is 0 Å². The van der Waals surface area contributed by atoms with E-state index in [0.29, 0.717) is 0 Å². The van der Waals surface area contributed by atoms with Crippen molar-refractivity contribution in [2.24, 2.45) is 0 Å². The summed E-state index contributed by atoms with van der Waals surface area (Å²) >= 11 is 0. The minimum absolute atomic E-state index is 0. The van der Waals surface area contributed by atoms with Gasteiger partial charge in [-0.3, -0.25) is 0 Å². The van der Waals surface area contributed by atoms with Crippen molar-refractivity contribution in [3.8, 4) is 0 Å². The van der Waals surface area contributed by atoms with E-state index in [2.05, 4.69) is 0 Å². The van der Waals surface area contributed by atoms with Gasteiger partial charge in [0, 0.05) is 69.7 Å². The largest absolute Gasteiger partial charge is 2.00 e. The molecule has 0 saturated heterocycles. The van der Waals surface area contributed by atoms with Gasteiger partial charge in [0.15, 0.2) is 0 Å². The summed E-state index contributed by atoms with van der Waals surface area (Å²) in [7, 11) is 0. The molecule has 37 valence electrons. The van der Waals surface area contributed by atoms with Crippen LogP contribution in [0.4, 0.5) is 0 Å². The fourth-order valence-corrected chi connectivity index (χ4v) is 0. The van der Waals surface area contributed by atoms with Gasteiger partial charge in [-0.25, -0.2) is 0 Å². The Morgan fingerprint density at radius 3 is 1.00 bits per heavy atom. The van der Waals surface area contributed by atoms with Crippen LogP contribution < -0.4 is 0 Å². The summed E-state index contributed by atoms with van der Waals surface area (Å²) in [5.41, 5.74) is 0. The summed E-state index contributed by atoms with van der Waals surface area (Å²) in [5, 5.41) is 0. The standard InChI is InChI=1S/Ba.2Cu.La.H2O.2H/h;;;;1H2;;/q+2;;;;;2*-1. The first kappa shape index (κ1) is 37.3. The molecule has 0 amide bonds. The van der Waals surface area contributed by atoms with Crippen molar-refractivity contribution in [1.82, 2.24) is 0 Å². The molecule has 0 aromatic heterocycles. The molecule has 0 fully saturated rings. The molecule has 0 saturated carbocycles. The van der Waals surface area contributed by atoms with Gasteiger partial charge in [0.1, 0.15) is 0 Å². The van der Waals surface area contributed by atoms with Crippen LogP contribution >= 0.6 is 0 Å². The van der Waals surface area contributed by atoms with Crippen LogP contribution in [0.3, 0.4) is 0 Å². The minimum atomic E-state index is 0. The van der Waals surface area contributed by atoms with E-state index in [0.717, 1.165) is 0 Å². The average Bonchev–Trinajstić information content (AvgIpc) is 0. The van der Waals surface area contributed by atoms with Crippen LogP contribution in [0.1, 0.15) is 2.85 Å². The zero-order valence-corrected chi connectivity index (χ0v) is 12.3. The molecule has 1 nitrogen and oxygen atoms in total. The predicted molar refractivity (Wildman–Crippen MR) is 11.6 cm³/mol. The third-order valence-corrected chi connectivity index (χ3v) is 0. The first-order valence-electron chi connectivity index (χ1n) is 0. The Hall–Kier alpha value is 3.77. The summed E-state index contributed by atoms with van der Waals surface area (Å²) < 4.78 is 0. The Morgan fingerprint density at radius 1 is 1.00 bits per heavy atom. The smallest absolute Gasteiger partial charge is 1.00 e. The molecule has 0 aliphatic heterocycles. The van der Waals surface area contributed by atoms with Crippen LogP contribution in [0.25, 0.3) is 0 Å². The molecule has 0 aliphatic carbocycles. The van der Waals surface area contributed by atoms with Crippen LogP contribution in [-0.4, -0.2) is 54.4 Å². The normalized spacial score (nSPS) is 0. The minimum Gasteiger partial charge on any atom is -1.00 e. The van der Waals surface area contributed by atoms with Gasteiger partial charge < -0.3 is 8.33 Å². The van der Waals surface area contributed by atoms with Crippen LogP contribution in [-0.2, 0) is 34.1 Å². The number of rotatable bonds is 0. The van der Waals surface area contributed by atoms with E-state index in [-0.39, 0.29) is 127 Å². The maximum atomic E-state index is 0. The SMILES string of the molecule is O.[Ba+2].[Cu].[Cu].[H-].[H-].[La]. The number of hydrogen-bond donors (Lipinski definition) is 0. The molecule has 0 bridgehead atoms. The Balaban J connectivity index is 0. The van der Waals surface area contributed by atoms with Crippen LogP contribution in [0, 0.1) is 35.6 Å². The van der Waals surface area contributed by atoms with E-state index in [4.69, 9.17) is 0 Å². The van der Waals surface area contributed by atoms with Crippen molar-refractivity contribution in [1.29, 1.82) is 0 Å². The topological polar surface area (TPSA) is 31.5 Å². The summed E-state index contributed by atoms with van der Waals surface area (Å²) in [6, 6.07) is 0. The quantitative estimate of drug-likeness (QED) is 0.449. The van der Waals surface area contributed by atoms with Crippen molar-refractivity contribution in [2.45, 2.75) is 0 Å². The van der Waals surface area contributed by atoms with Gasteiger partial charge in [-0.15, -0.1) is 0 Å². The van der Waals surface area contributed by atoms with E-state index < -0.39 is 0 Å². The molecule has 2 N–H and O–H groups in total. The molecule has 0 aliphatic rings. The molecule has 0 atom stereocenters. The van der Waals surface area contributed by atoms with E-state index in [9.17, 15) is 0 Å². The molecule has 0 aromatic carbocycles. The van der Waals surface area contributed by atoms with Gasteiger partial charge in [0.05, 0.1) is 0 Å². The van der Waals surface area contributed by atoms with Gasteiger partial charge in [-0.1, -0.05) is 0 Å². The summed E-state index contributed by atoms with van der Waals surface area (Å²) in [4.78, 5) is 0. The second kappa shape index (κ2) is 25.1. The molecular weight excluding hydrogens is 419 g/mol. The molecule has 0 rings (SSSR count). The zero-order valence-electron chi connectivity index (χ0n) is 4.39. The van der Waals surface area contributed by atoms with Gasteiger partial charge in [-0.2, -0.15) is 0 Å². The molecule has 0 heterocycles. The van der Waals surface area contributed by atoms with Gasteiger partial charge in [-0.05, 0) is 0 Å². The summed E-state index contributed by atoms with van der Waals surface area (Å²) in [6.07, 6.45) is 0. The molecule has 0 spiro atoms. The monoisotopic (exact) mass is 423 g/mol. The molecule has 0 unspecified atom stereocenters. The van der Waals surface area contributed by atoms with Crippen molar-refractivity contribution in [2.75, 3.05) is 0 Å². The fraction of sp³-hybridized carbons (Fsp3) is 0. The Kier molecular flexibility index (Phi) is 187. The van der Waals surface area contributed by atoms with E-state index in [1.54, 1.807) is 0 Å². The third kappa shape index (κ3) is 18.2. The molecule has 3 radical (unpaired) electrons. The maximum Gasteiger partial charge on any atom is 2.00 e. The molecular formula is H4BaCu2LaO. The van der Waals surface area contributed by atoms with Crippen molar-refractivity contribution in [3.63, 3.8) is 0 Å². The van der Waals surface area contributed by atoms with Crippen molar-refractivity contribution >= 4 is 48.9 Å². The van der Waals surface area contributed by atoms with Gasteiger partial charge >= 0.3 is 48.9 Å². The predicted octanol–water partition coefficient (Wildman–Crippen LogP) is -0.985. The summed E-state index contributed by atoms with van der Waals surface area (Å²) in [5.74, 6) is 0. The first-order chi connectivity index (χ1) is 0. The van der Waals surface area contributed by atoms with E-state index in [1.165, 1.54) is 0 Å². The van der Waals surface area contributed by atoms with Crippen LogP contribution in [0.5, 0.6) is 0 Å². The van der Waals surface area contributed by atoms with Crippen LogP contribution in [0.15, 0.2) is 0 Å². The van der Waals surface area contributed by atoms with E-state index >= 15 is 0 Å².